The quantitative estimate of drug-likeness (QED) is 0.627. The maximum absolute atomic E-state index is 6.36. The van der Waals surface area contributed by atoms with Crippen molar-refractivity contribution < 1.29 is 4.74 Å². The zero-order valence-corrected chi connectivity index (χ0v) is 16.3. The van der Waals surface area contributed by atoms with Crippen LogP contribution in [0.3, 0.4) is 0 Å². The number of nitrogens with two attached hydrogens (primary N) is 1. The molecule has 0 saturated carbocycles. The topological polar surface area (TPSA) is 60.2 Å². The predicted octanol–water partition coefficient (Wildman–Crippen LogP) is 4.76. The van der Waals surface area contributed by atoms with Gasteiger partial charge in [0.05, 0.1) is 22.5 Å². The molecule has 7 heteroatoms. The van der Waals surface area contributed by atoms with Crippen LogP contribution in [0.1, 0.15) is 27.7 Å². The molecule has 0 bridgehead atoms. The van der Waals surface area contributed by atoms with Crippen LogP contribution in [-0.2, 0) is 11.3 Å². The summed E-state index contributed by atoms with van der Waals surface area (Å²) in [5.74, 6) is 0.233. The Morgan fingerprint density at radius 2 is 2.36 bits per heavy atom. The first-order valence-electron chi connectivity index (χ1n) is 8.32. The first-order valence-corrected chi connectivity index (χ1v) is 10.4. The Kier molecular flexibility index (Phi) is 4.97. The Labute approximate surface area is 160 Å². The van der Waals surface area contributed by atoms with E-state index in [1.807, 2.05) is 6.07 Å². The van der Waals surface area contributed by atoms with Crippen LogP contribution < -0.4 is 11.1 Å². The van der Waals surface area contributed by atoms with Gasteiger partial charge in [0.25, 0.3) is 0 Å². The minimum Gasteiger partial charge on any atom is -0.381 e. The number of ether oxygens (including phenoxy) is 1. The molecular formula is C18H20ClN3OS2. The van der Waals surface area contributed by atoms with Crippen LogP contribution in [0.15, 0.2) is 23.6 Å². The summed E-state index contributed by atoms with van der Waals surface area (Å²) in [5, 5.41) is 6.12. The number of fused-ring (bicyclic) bond motifs is 1. The lowest BCUT2D eigenvalue weighted by Gasteiger charge is -2.28. The van der Waals surface area contributed by atoms with Gasteiger partial charge in [-0.3, -0.25) is 0 Å². The minimum absolute atomic E-state index is 0.138. The van der Waals surface area contributed by atoms with Crippen LogP contribution in [-0.4, -0.2) is 24.2 Å². The van der Waals surface area contributed by atoms with Gasteiger partial charge < -0.3 is 15.8 Å². The van der Waals surface area contributed by atoms with E-state index >= 15 is 0 Å². The molecule has 0 spiro atoms. The summed E-state index contributed by atoms with van der Waals surface area (Å²) in [6, 6.07) is 6.24. The van der Waals surface area contributed by atoms with E-state index in [-0.39, 0.29) is 12.0 Å². The molecule has 0 aromatic carbocycles. The summed E-state index contributed by atoms with van der Waals surface area (Å²) in [6.45, 7) is 4.33. The van der Waals surface area contributed by atoms with Crippen molar-refractivity contribution in [1.29, 1.82) is 0 Å². The number of nitrogens with one attached hydrogen (secondary N) is 1. The van der Waals surface area contributed by atoms with Gasteiger partial charge >= 0.3 is 0 Å². The summed E-state index contributed by atoms with van der Waals surface area (Å²) in [7, 11) is 0. The number of hydrogen-bond donors (Lipinski definition) is 2. The third-order valence-corrected chi connectivity index (χ3v) is 7.17. The predicted molar refractivity (Wildman–Crippen MR) is 107 cm³/mol. The molecule has 1 aliphatic rings. The highest BCUT2D eigenvalue weighted by Crippen LogP contribution is 2.41. The fourth-order valence-electron chi connectivity index (χ4n) is 3.27. The molecule has 3 aromatic rings. The van der Waals surface area contributed by atoms with Crippen molar-refractivity contribution in [2.45, 2.75) is 31.8 Å². The molecule has 25 heavy (non-hydrogen) atoms. The largest absolute Gasteiger partial charge is 0.381 e. The Morgan fingerprint density at radius 1 is 1.48 bits per heavy atom. The molecule has 0 radical (unpaired) electrons. The van der Waals surface area contributed by atoms with Crippen molar-refractivity contribution in [3.05, 3.63) is 44.1 Å². The molecule has 3 N–H and O–H groups in total. The van der Waals surface area contributed by atoms with Gasteiger partial charge in [0.15, 0.2) is 0 Å². The number of thiophene rings is 2. The number of anilines is 1. The van der Waals surface area contributed by atoms with Crippen molar-refractivity contribution in [3.8, 4) is 0 Å². The molecule has 0 aliphatic carbocycles. The standard InChI is InChI=1S/C18H20ClN3OS2/c1-10-16-18(25-17(10)12-9-23-5-4-13(12)20)14(7-15(19)22-16)21-8-11-3-2-6-24-11/h2-3,6-7,12-13H,4-5,8-9,20H2,1H3,(H,21,22)/t12-,13-/m0/s1. The molecule has 0 unspecified atom stereocenters. The molecule has 4 nitrogen and oxygen atoms in total. The van der Waals surface area contributed by atoms with Gasteiger partial charge in [0, 0.05) is 40.9 Å². The molecule has 1 fully saturated rings. The zero-order chi connectivity index (χ0) is 17.4. The van der Waals surface area contributed by atoms with Crippen molar-refractivity contribution in [3.63, 3.8) is 0 Å². The number of halogens is 1. The van der Waals surface area contributed by atoms with Gasteiger partial charge in [-0.25, -0.2) is 4.98 Å². The lowest BCUT2D eigenvalue weighted by Crippen LogP contribution is -2.36. The average molecular weight is 394 g/mol. The summed E-state index contributed by atoms with van der Waals surface area (Å²) in [5.41, 5.74) is 9.54. The summed E-state index contributed by atoms with van der Waals surface area (Å²) in [4.78, 5) is 7.14. The Hall–Kier alpha value is -1.18. The van der Waals surface area contributed by atoms with E-state index in [9.17, 15) is 0 Å². The highest BCUT2D eigenvalue weighted by molar-refractivity contribution is 7.20. The van der Waals surface area contributed by atoms with Gasteiger partial charge in [-0.05, 0) is 30.4 Å². The van der Waals surface area contributed by atoms with Gasteiger partial charge in [-0.1, -0.05) is 17.7 Å². The number of pyridine rings is 1. The fraction of sp³-hybridized carbons (Fsp3) is 0.389. The van der Waals surface area contributed by atoms with Crippen LogP contribution in [0.25, 0.3) is 10.2 Å². The van der Waals surface area contributed by atoms with E-state index in [1.165, 1.54) is 15.3 Å². The van der Waals surface area contributed by atoms with E-state index < -0.39 is 0 Å². The number of hydrogen-bond acceptors (Lipinski definition) is 6. The van der Waals surface area contributed by atoms with Crippen LogP contribution in [0.2, 0.25) is 5.15 Å². The molecule has 3 aromatic heterocycles. The van der Waals surface area contributed by atoms with E-state index in [0.717, 1.165) is 35.5 Å². The van der Waals surface area contributed by atoms with Crippen LogP contribution in [0, 0.1) is 6.92 Å². The monoisotopic (exact) mass is 393 g/mol. The molecule has 4 rings (SSSR count). The summed E-state index contributed by atoms with van der Waals surface area (Å²) in [6.07, 6.45) is 0.899. The van der Waals surface area contributed by atoms with Crippen LogP contribution in [0.4, 0.5) is 5.69 Å². The summed E-state index contributed by atoms with van der Waals surface area (Å²) < 4.78 is 6.82. The summed E-state index contributed by atoms with van der Waals surface area (Å²) >= 11 is 9.80. The molecule has 1 saturated heterocycles. The minimum atomic E-state index is 0.138. The Bertz CT molecular complexity index is 878. The average Bonchev–Trinajstić information content (AvgIpc) is 3.22. The van der Waals surface area contributed by atoms with E-state index in [1.54, 1.807) is 22.7 Å². The van der Waals surface area contributed by atoms with Gasteiger partial charge in [0.2, 0.25) is 0 Å². The van der Waals surface area contributed by atoms with Crippen molar-refractivity contribution >= 4 is 50.2 Å². The Morgan fingerprint density at radius 3 is 3.12 bits per heavy atom. The third-order valence-electron chi connectivity index (χ3n) is 4.66. The highest BCUT2D eigenvalue weighted by atomic mass is 35.5. The van der Waals surface area contributed by atoms with Crippen LogP contribution in [0.5, 0.6) is 0 Å². The number of rotatable bonds is 4. The first kappa shape index (κ1) is 17.2. The van der Waals surface area contributed by atoms with Crippen molar-refractivity contribution in [2.75, 3.05) is 18.5 Å². The van der Waals surface area contributed by atoms with E-state index in [2.05, 4.69) is 34.7 Å². The van der Waals surface area contributed by atoms with E-state index in [0.29, 0.717) is 11.8 Å². The maximum Gasteiger partial charge on any atom is 0.131 e. The van der Waals surface area contributed by atoms with Crippen molar-refractivity contribution in [1.82, 2.24) is 4.98 Å². The smallest absolute Gasteiger partial charge is 0.131 e. The normalized spacial score (nSPS) is 20.9. The fourth-order valence-corrected chi connectivity index (χ4v) is 5.51. The number of aromatic nitrogens is 1. The van der Waals surface area contributed by atoms with Crippen molar-refractivity contribution in [2.24, 2.45) is 5.73 Å². The third kappa shape index (κ3) is 3.41. The molecule has 2 atom stereocenters. The maximum atomic E-state index is 6.36. The molecule has 132 valence electrons. The lowest BCUT2D eigenvalue weighted by molar-refractivity contribution is 0.0700. The first-order chi connectivity index (χ1) is 12.1. The lowest BCUT2D eigenvalue weighted by atomic mass is 9.93. The van der Waals surface area contributed by atoms with Gasteiger partial charge in [-0.2, -0.15) is 0 Å². The molecular weight excluding hydrogens is 374 g/mol. The SMILES string of the molecule is Cc1c([C@H]2COCC[C@@H]2N)sc2c(NCc3cccs3)cc(Cl)nc12. The van der Waals surface area contributed by atoms with Gasteiger partial charge in [-0.15, -0.1) is 22.7 Å². The highest BCUT2D eigenvalue weighted by Gasteiger charge is 2.28. The second-order valence-corrected chi connectivity index (χ2v) is 8.80. The van der Waals surface area contributed by atoms with E-state index in [4.69, 9.17) is 22.1 Å². The molecule has 0 amide bonds. The second kappa shape index (κ2) is 7.21. The second-order valence-electron chi connectivity index (χ2n) is 6.33. The molecule has 4 heterocycles. The van der Waals surface area contributed by atoms with Crippen LogP contribution >= 0.6 is 34.3 Å². The number of nitrogens with zero attached hydrogens (tertiary/aromatic N) is 1. The Balaban J connectivity index is 1.72. The molecule has 1 aliphatic heterocycles. The zero-order valence-electron chi connectivity index (χ0n) is 13.9. The number of aryl methyl sites for hydroxylation is 1. The van der Waals surface area contributed by atoms with Gasteiger partial charge in [0.1, 0.15) is 5.15 Å².